The predicted octanol–water partition coefficient (Wildman–Crippen LogP) is 4.19. The van der Waals surface area contributed by atoms with Crippen LogP contribution in [0.3, 0.4) is 0 Å². The van der Waals surface area contributed by atoms with Gasteiger partial charge in [0.25, 0.3) is 0 Å². The molecule has 24 heavy (non-hydrogen) atoms. The molecule has 5 unspecified atom stereocenters. The van der Waals surface area contributed by atoms with Crippen molar-refractivity contribution in [1.29, 1.82) is 0 Å². The maximum Gasteiger partial charge on any atom is 0.331 e. The second kappa shape index (κ2) is 6.20. The van der Waals surface area contributed by atoms with Crippen molar-refractivity contribution in [3.8, 4) is 0 Å². The normalized spacial score (nSPS) is 42.2. The van der Waals surface area contributed by atoms with Gasteiger partial charge in [0.2, 0.25) is 0 Å². The molecule has 2 fully saturated rings. The summed E-state index contributed by atoms with van der Waals surface area (Å²) in [6.45, 7) is 7.42. The van der Waals surface area contributed by atoms with E-state index in [1.165, 1.54) is 0 Å². The van der Waals surface area contributed by atoms with Crippen molar-refractivity contribution in [3.63, 3.8) is 0 Å². The van der Waals surface area contributed by atoms with Gasteiger partial charge in [0.1, 0.15) is 0 Å². The van der Waals surface area contributed by atoms with Gasteiger partial charge in [-0.05, 0) is 55.8 Å². The minimum absolute atomic E-state index is 0.0690. The Hall–Kier alpha value is -1.32. The van der Waals surface area contributed by atoms with E-state index >= 15 is 0 Å². The predicted molar refractivity (Wildman–Crippen MR) is 91.4 cm³/mol. The SMILES string of the molecule is CC1CCC2(C)C(C(=O)O)=CCCC2C1(C)CCC1COC(=O)C1. The molecule has 5 atom stereocenters. The summed E-state index contributed by atoms with van der Waals surface area (Å²) >= 11 is 0. The van der Waals surface area contributed by atoms with Crippen LogP contribution >= 0.6 is 0 Å². The summed E-state index contributed by atoms with van der Waals surface area (Å²) in [6.07, 6.45) is 8.56. The Morgan fingerprint density at radius 3 is 2.75 bits per heavy atom. The van der Waals surface area contributed by atoms with Gasteiger partial charge >= 0.3 is 11.9 Å². The quantitative estimate of drug-likeness (QED) is 0.783. The fourth-order valence-corrected chi connectivity index (χ4v) is 5.71. The summed E-state index contributed by atoms with van der Waals surface area (Å²) in [5.41, 5.74) is 0.553. The molecule has 0 spiro atoms. The number of esters is 1. The van der Waals surface area contributed by atoms with Crippen LogP contribution < -0.4 is 0 Å². The van der Waals surface area contributed by atoms with Gasteiger partial charge in [-0.25, -0.2) is 4.79 Å². The minimum Gasteiger partial charge on any atom is -0.478 e. The molecule has 2 aliphatic carbocycles. The van der Waals surface area contributed by atoms with Crippen molar-refractivity contribution in [3.05, 3.63) is 11.6 Å². The molecule has 134 valence electrons. The van der Waals surface area contributed by atoms with Crippen LogP contribution in [-0.4, -0.2) is 23.7 Å². The zero-order valence-electron chi connectivity index (χ0n) is 15.1. The van der Waals surface area contributed by atoms with E-state index in [4.69, 9.17) is 4.74 Å². The lowest BCUT2D eigenvalue weighted by Gasteiger charge is -2.57. The zero-order chi connectivity index (χ0) is 17.5. The molecule has 0 aromatic rings. The summed E-state index contributed by atoms with van der Waals surface area (Å²) in [4.78, 5) is 23.1. The summed E-state index contributed by atoms with van der Waals surface area (Å²) in [5, 5.41) is 9.69. The monoisotopic (exact) mass is 334 g/mol. The first-order valence-corrected chi connectivity index (χ1v) is 9.37. The first kappa shape index (κ1) is 17.5. The highest BCUT2D eigenvalue weighted by molar-refractivity contribution is 5.88. The number of rotatable bonds is 4. The van der Waals surface area contributed by atoms with Crippen LogP contribution in [0.1, 0.15) is 65.7 Å². The number of carboxylic acids is 1. The molecular weight excluding hydrogens is 304 g/mol. The summed E-state index contributed by atoms with van der Waals surface area (Å²) in [5.74, 6) is 0.520. The number of carboxylic acid groups (broad SMARTS) is 1. The smallest absolute Gasteiger partial charge is 0.331 e. The minimum atomic E-state index is -0.742. The van der Waals surface area contributed by atoms with Crippen LogP contribution in [0.15, 0.2) is 11.6 Å². The first-order valence-electron chi connectivity index (χ1n) is 9.37. The van der Waals surface area contributed by atoms with Crippen molar-refractivity contribution < 1.29 is 19.4 Å². The molecule has 1 saturated heterocycles. The third-order valence-electron chi connectivity index (χ3n) is 7.46. The van der Waals surface area contributed by atoms with Crippen LogP contribution in [0.4, 0.5) is 0 Å². The van der Waals surface area contributed by atoms with Gasteiger partial charge in [0.05, 0.1) is 13.0 Å². The second-order valence-electron chi connectivity index (χ2n) is 8.71. The lowest BCUT2D eigenvalue weighted by atomic mass is 9.46. The Kier molecular flexibility index (Phi) is 4.52. The van der Waals surface area contributed by atoms with Crippen LogP contribution in [-0.2, 0) is 14.3 Å². The second-order valence-corrected chi connectivity index (χ2v) is 8.71. The summed E-state index contributed by atoms with van der Waals surface area (Å²) in [7, 11) is 0. The topological polar surface area (TPSA) is 63.6 Å². The number of cyclic esters (lactones) is 1. The summed E-state index contributed by atoms with van der Waals surface area (Å²) < 4.78 is 5.11. The highest BCUT2D eigenvalue weighted by Crippen LogP contribution is 2.62. The largest absolute Gasteiger partial charge is 0.478 e. The molecule has 1 N–H and O–H groups in total. The fraction of sp³-hybridized carbons (Fsp3) is 0.800. The van der Waals surface area contributed by atoms with Gasteiger partial charge in [-0.1, -0.05) is 26.8 Å². The number of fused-ring (bicyclic) bond motifs is 1. The molecule has 4 heteroatoms. The van der Waals surface area contributed by atoms with Gasteiger partial charge < -0.3 is 9.84 Å². The van der Waals surface area contributed by atoms with Crippen molar-refractivity contribution >= 4 is 11.9 Å². The van der Waals surface area contributed by atoms with Gasteiger partial charge in [0, 0.05) is 16.9 Å². The van der Waals surface area contributed by atoms with Gasteiger partial charge in [-0.2, -0.15) is 0 Å². The number of hydrogen-bond donors (Lipinski definition) is 1. The molecule has 1 heterocycles. The molecule has 0 aromatic heterocycles. The van der Waals surface area contributed by atoms with E-state index in [-0.39, 0.29) is 16.8 Å². The number of ether oxygens (including phenoxy) is 1. The van der Waals surface area contributed by atoms with E-state index in [0.717, 1.165) is 38.5 Å². The molecule has 0 radical (unpaired) electrons. The van der Waals surface area contributed by atoms with E-state index in [9.17, 15) is 14.7 Å². The van der Waals surface area contributed by atoms with Crippen molar-refractivity contribution in [1.82, 2.24) is 0 Å². The summed E-state index contributed by atoms with van der Waals surface area (Å²) in [6, 6.07) is 0. The molecule has 0 bridgehead atoms. The van der Waals surface area contributed by atoms with E-state index in [1.54, 1.807) is 0 Å². The number of carbonyl (C=O) groups excluding carboxylic acids is 1. The Labute approximate surface area is 144 Å². The highest BCUT2D eigenvalue weighted by Gasteiger charge is 2.55. The van der Waals surface area contributed by atoms with Crippen molar-refractivity contribution in [2.45, 2.75) is 65.7 Å². The first-order chi connectivity index (χ1) is 11.3. The number of aliphatic carboxylic acids is 1. The number of allylic oxidation sites excluding steroid dienone is 1. The van der Waals surface area contributed by atoms with E-state index in [2.05, 4.69) is 20.8 Å². The van der Waals surface area contributed by atoms with Crippen molar-refractivity contribution in [2.75, 3.05) is 6.61 Å². The van der Waals surface area contributed by atoms with Crippen LogP contribution in [0.5, 0.6) is 0 Å². The molecule has 0 amide bonds. The van der Waals surface area contributed by atoms with Gasteiger partial charge in [0.15, 0.2) is 0 Å². The Balaban J connectivity index is 1.81. The molecule has 3 aliphatic rings. The van der Waals surface area contributed by atoms with Crippen LogP contribution in [0, 0.1) is 28.6 Å². The average Bonchev–Trinajstić information content (AvgIpc) is 2.94. The van der Waals surface area contributed by atoms with E-state index < -0.39 is 5.97 Å². The van der Waals surface area contributed by atoms with Crippen LogP contribution in [0.2, 0.25) is 0 Å². The fourth-order valence-electron chi connectivity index (χ4n) is 5.71. The Morgan fingerprint density at radius 2 is 2.12 bits per heavy atom. The Morgan fingerprint density at radius 1 is 1.38 bits per heavy atom. The lowest BCUT2D eigenvalue weighted by Crippen LogP contribution is -2.51. The van der Waals surface area contributed by atoms with Crippen molar-refractivity contribution in [2.24, 2.45) is 28.6 Å². The zero-order valence-corrected chi connectivity index (χ0v) is 15.1. The van der Waals surface area contributed by atoms with Gasteiger partial charge in [-0.15, -0.1) is 0 Å². The highest BCUT2D eigenvalue weighted by atomic mass is 16.5. The van der Waals surface area contributed by atoms with E-state index in [1.807, 2.05) is 6.08 Å². The third-order valence-corrected chi connectivity index (χ3v) is 7.46. The lowest BCUT2D eigenvalue weighted by molar-refractivity contribution is -0.138. The number of carbonyl (C=O) groups is 2. The molecule has 0 aromatic carbocycles. The molecular formula is C20H30O4. The van der Waals surface area contributed by atoms with Crippen LogP contribution in [0.25, 0.3) is 0 Å². The standard InChI is InChI=1S/C20H30O4/c1-13-7-9-20(3)15(18(22)23)5-4-6-16(20)19(13,2)10-8-14-11-17(21)24-12-14/h5,13-14,16H,4,6-12H2,1-3H3,(H,22,23). The maximum absolute atomic E-state index is 11.8. The molecule has 1 saturated carbocycles. The van der Waals surface area contributed by atoms with Gasteiger partial charge in [-0.3, -0.25) is 4.79 Å². The maximum atomic E-state index is 11.8. The Bertz CT molecular complexity index is 566. The average molecular weight is 334 g/mol. The molecule has 4 nitrogen and oxygen atoms in total. The third kappa shape index (κ3) is 2.78. The molecule has 1 aliphatic heterocycles. The molecule has 3 rings (SSSR count). The number of hydrogen-bond acceptors (Lipinski definition) is 3. The van der Waals surface area contributed by atoms with E-state index in [0.29, 0.717) is 36.4 Å².